The van der Waals surface area contributed by atoms with Crippen molar-refractivity contribution in [3.05, 3.63) is 58.2 Å². The zero-order chi connectivity index (χ0) is 21.2. The molecule has 2 aromatic rings. The number of halogens is 1. The van der Waals surface area contributed by atoms with Crippen molar-refractivity contribution in [2.75, 3.05) is 18.6 Å². The average molecular weight is 416 g/mol. The van der Waals surface area contributed by atoms with E-state index in [-0.39, 0.29) is 12.6 Å². The number of pyridine rings is 1. The van der Waals surface area contributed by atoms with Crippen molar-refractivity contribution >= 4 is 29.3 Å². The minimum absolute atomic E-state index is 0.130. The van der Waals surface area contributed by atoms with Gasteiger partial charge >= 0.3 is 5.97 Å². The van der Waals surface area contributed by atoms with Crippen LogP contribution in [0.2, 0.25) is 5.02 Å². The zero-order valence-corrected chi connectivity index (χ0v) is 17.9. The Labute approximate surface area is 176 Å². The average Bonchev–Trinajstić information content (AvgIpc) is 3.06. The van der Waals surface area contributed by atoms with E-state index < -0.39 is 17.4 Å². The molecular formula is C22H26ClN3O3. The molecule has 1 N–H and O–H groups in total. The fraction of sp³-hybridized carbons (Fsp3) is 0.409. The van der Waals surface area contributed by atoms with Crippen molar-refractivity contribution < 1.29 is 14.3 Å². The van der Waals surface area contributed by atoms with Crippen LogP contribution in [0.25, 0.3) is 0 Å². The van der Waals surface area contributed by atoms with Gasteiger partial charge in [0.25, 0.3) is 5.91 Å². The summed E-state index contributed by atoms with van der Waals surface area (Å²) in [6.07, 6.45) is 2.28. The lowest BCUT2D eigenvalue weighted by atomic mass is 9.95. The first kappa shape index (κ1) is 21.1. The molecule has 7 heteroatoms. The maximum absolute atomic E-state index is 13.3. The van der Waals surface area contributed by atoms with E-state index in [9.17, 15) is 9.59 Å². The normalized spacial score (nSPS) is 14.4. The Balaban J connectivity index is 1.97. The van der Waals surface area contributed by atoms with E-state index >= 15 is 0 Å². The van der Waals surface area contributed by atoms with Crippen molar-refractivity contribution in [3.63, 3.8) is 0 Å². The molecule has 1 heterocycles. The molecule has 0 saturated heterocycles. The highest BCUT2D eigenvalue weighted by molar-refractivity contribution is 6.31. The van der Waals surface area contributed by atoms with Gasteiger partial charge in [-0.1, -0.05) is 35.9 Å². The van der Waals surface area contributed by atoms with Crippen LogP contribution in [0.5, 0.6) is 0 Å². The molecule has 0 spiro atoms. The molecule has 6 nitrogen and oxygen atoms in total. The van der Waals surface area contributed by atoms with Crippen LogP contribution in [0.4, 0.5) is 5.82 Å². The van der Waals surface area contributed by atoms with Gasteiger partial charge in [0.2, 0.25) is 0 Å². The van der Waals surface area contributed by atoms with Gasteiger partial charge in [0.15, 0.2) is 0 Å². The lowest BCUT2D eigenvalue weighted by Gasteiger charge is -2.29. The SMILES string of the molecule is CCOC(=O)C1(NC(=O)c2cc(Cl)cnc2N(C)C(C)C)Cc2ccccc2C1. The summed E-state index contributed by atoms with van der Waals surface area (Å²) >= 11 is 6.13. The number of fused-ring (bicyclic) bond motifs is 1. The number of aromatic nitrogens is 1. The van der Waals surface area contributed by atoms with Crippen LogP contribution in [0.15, 0.2) is 36.5 Å². The molecule has 3 rings (SSSR count). The Morgan fingerprint density at radius 1 is 1.28 bits per heavy atom. The molecule has 0 atom stereocenters. The van der Waals surface area contributed by atoms with Crippen LogP contribution in [-0.2, 0) is 22.4 Å². The number of hydrogen-bond donors (Lipinski definition) is 1. The summed E-state index contributed by atoms with van der Waals surface area (Å²) in [5.41, 5.74) is 1.25. The van der Waals surface area contributed by atoms with Gasteiger partial charge in [-0.05, 0) is 38.0 Å². The number of hydrogen-bond acceptors (Lipinski definition) is 5. The summed E-state index contributed by atoms with van der Waals surface area (Å²) in [4.78, 5) is 32.5. The highest BCUT2D eigenvalue weighted by Crippen LogP contribution is 2.32. The van der Waals surface area contributed by atoms with Crippen molar-refractivity contribution in [3.8, 4) is 0 Å². The topological polar surface area (TPSA) is 71.5 Å². The fourth-order valence-electron chi connectivity index (χ4n) is 3.58. The van der Waals surface area contributed by atoms with Crippen molar-refractivity contribution in [1.82, 2.24) is 10.3 Å². The van der Waals surface area contributed by atoms with Gasteiger partial charge in [-0.2, -0.15) is 0 Å². The van der Waals surface area contributed by atoms with E-state index in [2.05, 4.69) is 10.3 Å². The number of rotatable bonds is 6. The first-order valence-electron chi connectivity index (χ1n) is 9.72. The lowest BCUT2D eigenvalue weighted by Crippen LogP contribution is -2.56. The second-order valence-electron chi connectivity index (χ2n) is 7.61. The van der Waals surface area contributed by atoms with E-state index in [1.165, 1.54) is 6.20 Å². The zero-order valence-electron chi connectivity index (χ0n) is 17.2. The quantitative estimate of drug-likeness (QED) is 0.732. The van der Waals surface area contributed by atoms with Crippen molar-refractivity contribution in [2.24, 2.45) is 0 Å². The molecule has 1 aliphatic rings. The summed E-state index contributed by atoms with van der Waals surface area (Å²) in [5, 5.41) is 3.32. The lowest BCUT2D eigenvalue weighted by molar-refractivity contribution is -0.150. The van der Waals surface area contributed by atoms with Crippen LogP contribution in [0, 0.1) is 0 Å². The molecule has 1 aliphatic carbocycles. The smallest absolute Gasteiger partial charge is 0.332 e. The third-order valence-corrected chi connectivity index (χ3v) is 5.52. The summed E-state index contributed by atoms with van der Waals surface area (Å²) < 4.78 is 5.33. The monoisotopic (exact) mass is 415 g/mol. The number of nitrogens with zero attached hydrogens (tertiary/aromatic N) is 2. The van der Waals surface area contributed by atoms with Crippen LogP contribution in [0.1, 0.15) is 42.3 Å². The molecule has 0 aliphatic heterocycles. The first-order valence-corrected chi connectivity index (χ1v) is 10.1. The molecule has 29 heavy (non-hydrogen) atoms. The van der Waals surface area contributed by atoms with Gasteiger partial charge in [0.05, 0.1) is 17.2 Å². The number of esters is 1. The van der Waals surface area contributed by atoms with E-state index in [1.807, 2.05) is 50.1 Å². The summed E-state index contributed by atoms with van der Waals surface area (Å²) in [6.45, 7) is 6.01. The number of nitrogens with one attached hydrogen (secondary N) is 1. The number of anilines is 1. The van der Waals surface area contributed by atoms with Gasteiger partial charge in [0.1, 0.15) is 11.4 Å². The predicted octanol–water partition coefficient (Wildman–Crippen LogP) is 3.41. The van der Waals surface area contributed by atoms with E-state index in [1.54, 1.807) is 13.0 Å². The number of amides is 1. The number of ether oxygens (including phenoxy) is 1. The van der Waals surface area contributed by atoms with Crippen molar-refractivity contribution in [2.45, 2.75) is 45.2 Å². The van der Waals surface area contributed by atoms with Gasteiger partial charge in [-0.25, -0.2) is 9.78 Å². The van der Waals surface area contributed by atoms with Crippen LogP contribution in [-0.4, -0.2) is 42.1 Å². The third-order valence-electron chi connectivity index (χ3n) is 5.31. The molecule has 154 valence electrons. The second kappa shape index (κ2) is 8.41. The maximum Gasteiger partial charge on any atom is 0.332 e. The van der Waals surface area contributed by atoms with Gasteiger partial charge in [-0.15, -0.1) is 0 Å². The molecule has 0 saturated carbocycles. The van der Waals surface area contributed by atoms with E-state index in [0.717, 1.165) is 11.1 Å². The van der Waals surface area contributed by atoms with E-state index in [4.69, 9.17) is 16.3 Å². The second-order valence-corrected chi connectivity index (χ2v) is 8.04. The Bertz CT molecular complexity index is 904. The Hall–Kier alpha value is -2.60. The third kappa shape index (κ3) is 4.22. The fourth-order valence-corrected chi connectivity index (χ4v) is 3.74. The predicted molar refractivity (Wildman–Crippen MR) is 113 cm³/mol. The Kier molecular flexibility index (Phi) is 6.13. The van der Waals surface area contributed by atoms with Crippen LogP contribution in [0.3, 0.4) is 0 Å². The van der Waals surface area contributed by atoms with Crippen LogP contribution >= 0.6 is 11.6 Å². The first-order chi connectivity index (χ1) is 13.8. The highest BCUT2D eigenvalue weighted by atomic mass is 35.5. The van der Waals surface area contributed by atoms with Crippen LogP contribution < -0.4 is 10.2 Å². The molecule has 0 radical (unpaired) electrons. The summed E-state index contributed by atoms with van der Waals surface area (Å²) in [6, 6.07) is 9.52. The largest absolute Gasteiger partial charge is 0.464 e. The van der Waals surface area contributed by atoms with Crippen molar-refractivity contribution in [1.29, 1.82) is 0 Å². The minimum atomic E-state index is -1.15. The Morgan fingerprint density at radius 3 is 2.45 bits per heavy atom. The van der Waals surface area contributed by atoms with E-state index in [0.29, 0.717) is 29.2 Å². The molecule has 0 fully saturated rings. The maximum atomic E-state index is 13.3. The molecule has 0 bridgehead atoms. The summed E-state index contributed by atoms with van der Waals surface area (Å²) in [5.74, 6) is -0.321. The minimum Gasteiger partial charge on any atom is -0.464 e. The van der Waals surface area contributed by atoms with Gasteiger partial charge < -0.3 is 15.0 Å². The Morgan fingerprint density at radius 2 is 1.90 bits per heavy atom. The number of carbonyl (C=O) groups is 2. The highest BCUT2D eigenvalue weighted by Gasteiger charge is 2.46. The molecule has 1 aromatic heterocycles. The number of carbonyl (C=O) groups excluding carboxylic acids is 2. The molecule has 1 amide bonds. The standard InChI is InChI=1S/C22H26ClN3O3/c1-5-29-21(28)22(11-15-8-6-7-9-16(15)12-22)25-20(27)18-10-17(23)13-24-19(18)26(4)14(2)3/h6-10,13-14H,5,11-12H2,1-4H3,(H,25,27). The molecule has 1 aromatic carbocycles. The molecular weight excluding hydrogens is 390 g/mol. The van der Waals surface area contributed by atoms with Gasteiger partial charge in [-0.3, -0.25) is 4.79 Å². The molecule has 0 unspecified atom stereocenters. The van der Waals surface area contributed by atoms with Gasteiger partial charge in [0, 0.05) is 32.1 Å². The summed E-state index contributed by atoms with van der Waals surface area (Å²) in [7, 11) is 1.87. The number of benzene rings is 1.